The predicted molar refractivity (Wildman–Crippen MR) is 145 cm³/mol. The summed E-state index contributed by atoms with van der Waals surface area (Å²) in [6, 6.07) is 7.49. The van der Waals surface area contributed by atoms with Crippen LogP contribution in [0.3, 0.4) is 0 Å². The minimum Gasteiger partial charge on any atom is -0.348 e. The maximum atomic E-state index is 13.5. The molecule has 3 heterocycles. The van der Waals surface area contributed by atoms with Crippen LogP contribution in [0.4, 0.5) is 0 Å². The lowest BCUT2D eigenvalue weighted by Crippen LogP contribution is -2.44. The highest BCUT2D eigenvalue weighted by atomic mass is 16.2. The van der Waals surface area contributed by atoms with Gasteiger partial charge >= 0.3 is 0 Å². The first-order valence-electron chi connectivity index (χ1n) is 14.0. The van der Waals surface area contributed by atoms with Gasteiger partial charge in [0.2, 0.25) is 0 Å². The number of hydrogen-bond acceptors (Lipinski definition) is 5. The Balaban J connectivity index is 1.23. The van der Waals surface area contributed by atoms with Crippen LogP contribution in [-0.2, 0) is 26.2 Å². The van der Waals surface area contributed by atoms with Crippen molar-refractivity contribution in [3.63, 3.8) is 0 Å². The predicted octanol–water partition coefficient (Wildman–Crippen LogP) is 4.72. The summed E-state index contributed by atoms with van der Waals surface area (Å²) >= 11 is 0. The SMILES string of the molecule is CCCN(CCC)[C@H]1CC[C@H](N2Cc3ccc(CN(Cc4ncc[nH]4)Cc4ncc[nH]4)cc3C2=O)CC1. The van der Waals surface area contributed by atoms with Crippen molar-refractivity contribution >= 4 is 5.91 Å². The molecule has 5 rings (SSSR count). The number of nitrogens with zero attached hydrogens (tertiary/aromatic N) is 5. The molecule has 8 heteroatoms. The summed E-state index contributed by atoms with van der Waals surface area (Å²) in [5.41, 5.74) is 3.19. The number of aromatic nitrogens is 4. The Morgan fingerprint density at radius 2 is 1.57 bits per heavy atom. The van der Waals surface area contributed by atoms with Gasteiger partial charge in [0.1, 0.15) is 11.6 Å². The highest BCUT2D eigenvalue weighted by Gasteiger charge is 2.36. The van der Waals surface area contributed by atoms with E-state index in [0.29, 0.717) is 25.2 Å². The number of carbonyl (C=O) groups excluding carboxylic acids is 1. The molecular weight excluding hydrogens is 462 g/mol. The van der Waals surface area contributed by atoms with Crippen molar-refractivity contribution in [1.29, 1.82) is 0 Å². The van der Waals surface area contributed by atoms with Gasteiger partial charge in [-0.25, -0.2) is 9.97 Å². The smallest absolute Gasteiger partial charge is 0.254 e. The van der Waals surface area contributed by atoms with Crippen molar-refractivity contribution in [1.82, 2.24) is 34.6 Å². The zero-order chi connectivity index (χ0) is 25.6. The number of nitrogens with one attached hydrogen (secondary N) is 2. The van der Waals surface area contributed by atoms with E-state index in [0.717, 1.165) is 54.3 Å². The number of benzene rings is 1. The molecule has 0 bridgehead atoms. The van der Waals surface area contributed by atoms with Crippen molar-refractivity contribution in [2.24, 2.45) is 0 Å². The minimum absolute atomic E-state index is 0.211. The van der Waals surface area contributed by atoms with Crippen molar-refractivity contribution in [3.05, 3.63) is 71.3 Å². The first-order valence-corrected chi connectivity index (χ1v) is 14.0. The third kappa shape index (κ3) is 6.13. The monoisotopic (exact) mass is 503 g/mol. The number of rotatable bonds is 12. The molecule has 1 fully saturated rings. The summed E-state index contributed by atoms with van der Waals surface area (Å²) in [4.78, 5) is 35.9. The molecule has 1 aromatic carbocycles. The van der Waals surface area contributed by atoms with Gasteiger partial charge in [-0.2, -0.15) is 0 Å². The number of H-pyrrole nitrogens is 2. The second-order valence-electron chi connectivity index (χ2n) is 10.6. The number of amides is 1. The lowest BCUT2D eigenvalue weighted by atomic mass is 9.89. The molecule has 0 atom stereocenters. The maximum absolute atomic E-state index is 13.5. The van der Waals surface area contributed by atoms with Gasteiger partial charge in [-0.05, 0) is 68.8 Å². The summed E-state index contributed by atoms with van der Waals surface area (Å²) in [6.45, 7) is 9.76. The quantitative estimate of drug-likeness (QED) is 0.374. The molecular formula is C29H41N7O. The second kappa shape index (κ2) is 12.0. The van der Waals surface area contributed by atoms with E-state index >= 15 is 0 Å². The lowest BCUT2D eigenvalue weighted by molar-refractivity contribution is 0.0582. The van der Waals surface area contributed by atoms with Crippen LogP contribution >= 0.6 is 0 Å². The molecule has 1 aliphatic carbocycles. The van der Waals surface area contributed by atoms with Gasteiger partial charge in [-0.1, -0.05) is 26.0 Å². The fourth-order valence-corrected chi connectivity index (χ4v) is 6.17. The Labute approximate surface area is 220 Å². The Morgan fingerprint density at radius 1 is 0.919 bits per heavy atom. The molecule has 37 heavy (non-hydrogen) atoms. The van der Waals surface area contributed by atoms with E-state index in [-0.39, 0.29) is 5.91 Å². The van der Waals surface area contributed by atoms with E-state index in [2.05, 4.69) is 66.7 Å². The largest absolute Gasteiger partial charge is 0.348 e. The third-order valence-corrected chi connectivity index (χ3v) is 7.91. The van der Waals surface area contributed by atoms with Gasteiger partial charge in [-0.3, -0.25) is 9.69 Å². The summed E-state index contributed by atoms with van der Waals surface area (Å²) in [5.74, 6) is 2.05. The van der Waals surface area contributed by atoms with Gasteiger partial charge in [-0.15, -0.1) is 0 Å². The average molecular weight is 504 g/mol. The van der Waals surface area contributed by atoms with Crippen LogP contribution in [0.5, 0.6) is 0 Å². The normalized spacial score (nSPS) is 19.8. The Kier molecular flexibility index (Phi) is 8.36. The standard InChI is InChI=1S/C29H41N7O/c1-3-15-35(16-4-2)24-7-9-25(10-8-24)36-19-23-6-5-22(17-26(23)29(36)37)18-34(20-27-30-11-12-31-27)21-28-32-13-14-33-28/h5-6,11-14,17,24-25H,3-4,7-10,15-16,18-21H2,1-2H3,(H,30,31)(H,32,33)/t24-,25-. The zero-order valence-corrected chi connectivity index (χ0v) is 22.3. The Hall–Kier alpha value is -2.97. The topological polar surface area (TPSA) is 84.2 Å². The molecule has 198 valence electrons. The molecule has 2 aromatic heterocycles. The van der Waals surface area contributed by atoms with Crippen LogP contribution in [0.2, 0.25) is 0 Å². The minimum atomic E-state index is 0.211. The van der Waals surface area contributed by atoms with E-state index in [1.54, 1.807) is 12.4 Å². The molecule has 0 radical (unpaired) electrons. The molecule has 1 amide bonds. The number of imidazole rings is 2. The number of aromatic amines is 2. The Morgan fingerprint density at radius 3 is 2.14 bits per heavy atom. The lowest BCUT2D eigenvalue weighted by Gasteiger charge is -2.39. The fourth-order valence-electron chi connectivity index (χ4n) is 6.17. The highest BCUT2D eigenvalue weighted by Crippen LogP contribution is 2.33. The van der Waals surface area contributed by atoms with Crippen LogP contribution in [0, 0.1) is 0 Å². The van der Waals surface area contributed by atoms with E-state index in [9.17, 15) is 4.79 Å². The molecule has 3 aromatic rings. The van der Waals surface area contributed by atoms with Gasteiger partial charge in [0, 0.05) is 55.5 Å². The van der Waals surface area contributed by atoms with Gasteiger partial charge in [0.05, 0.1) is 13.1 Å². The molecule has 1 saturated carbocycles. The van der Waals surface area contributed by atoms with Crippen molar-refractivity contribution < 1.29 is 4.79 Å². The fraction of sp³-hybridized carbons (Fsp3) is 0.552. The first-order chi connectivity index (χ1) is 18.1. The van der Waals surface area contributed by atoms with E-state index in [1.165, 1.54) is 38.8 Å². The van der Waals surface area contributed by atoms with E-state index in [4.69, 9.17) is 0 Å². The summed E-state index contributed by atoms with van der Waals surface area (Å²) in [7, 11) is 0. The molecule has 2 N–H and O–H groups in total. The van der Waals surface area contributed by atoms with Crippen molar-refractivity contribution in [3.8, 4) is 0 Å². The van der Waals surface area contributed by atoms with E-state index < -0.39 is 0 Å². The molecule has 0 saturated heterocycles. The average Bonchev–Trinajstić information content (AvgIpc) is 3.67. The van der Waals surface area contributed by atoms with Crippen LogP contribution in [0.15, 0.2) is 43.0 Å². The zero-order valence-electron chi connectivity index (χ0n) is 22.3. The summed E-state index contributed by atoms with van der Waals surface area (Å²) in [6.07, 6.45) is 14.3. The molecule has 0 unspecified atom stereocenters. The van der Waals surface area contributed by atoms with Crippen LogP contribution < -0.4 is 0 Å². The molecule has 8 nitrogen and oxygen atoms in total. The molecule has 2 aliphatic rings. The number of hydrogen-bond donors (Lipinski definition) is 2. The van der Waals surface area contributed by atoms with Crippen LogP contribution in [0.1, 0.15) is 85.5 Å². The summed E-state index contributed by atoms with van der Waals surface area (Å²) < 4.78 is 0. The number of fused-ring (bicyclic) bond motifs is 1. The number of carbonyl (C=O) groups is 1. The first kappa shape index (κ1) is 25.7. The highest BCUT2D eigenvalue weighted by molar-refractivity contribution is 5.98. The molecule has 1 aliphatic heterocycles. The van der Waals surface area contributed by atoms with Gasteiger partial charge in [0.25, 0.3) is 5.91 Å². The van der Waals surface area contributed by atoms with Crippen molar-refractivity contribution in [2.45, 2.75) is 90.6 Å². The molecule has 0 spiro atoms. The maximum Gasteiger partial charge on any atom is 0.254 e. The second-order valence-corrected chi connectivity index (χ2v) is 10.6. The van der Waals surface area contributed by atoms with E-state index in [1.807, 2.05) is 12.4 Å². The van der Waals surface area contributed by atoms with Gasteiger partial charge in [0.15, 0.2) is 0 Å². The van der Waals surface area contributed by atoms with Crippen LogP contribution in [-0.4, -0.2) is 65.7 Å². The van der Waals surface area contributed by atoms with Crippen molar-refractivity contribution in [2.75, 3.05) is 13.1 Å². The summed E-state index contributed by atoms with van der Waals surface area (Å²) in [5, 5.41) is 0. The van der Waals surface area contributed by atoms with Crippen LogP contribution in [0.25, 0.3) is 0 Å². The Bertz CT molecular complexity index is 1080. The third-order valence-electron chi connectivity index (χ3n) is 7.91. The van der Waals surface area contributed by atoms with Gasteiger partial charge < -0.3 is 19.8 Å².